The fourth-order valence-electron chi connectivity index (χ4n) is 2.37. The highest BCUT2D eigenvalue weighted by molar-refractivity contribution is 7.98. The molecule has 10 nitrogen and oxygen atoms in total. The number of hydrazone groups is 1. The first-order valence-electron chi connectivity index (χ1n) is 8.02. The van der Waals surface area contributed by atoms with Crippen LogP contribution in [0, 0.1) is 0 Å². The van der Waals surface area contributed by atoms with Crippen LogP contribution in [-0.4, -0.2) is 43.7 Å². The molecule has 0 aliphatic heterocycles. The lowest BCUT2D eigenvalue weighted by Gasteiger charge is -2.08. The third-order valence-corrected chi connectivity index (χ3v) is 4.40. The molecule has 11 heteroatoms. The molecule has 0 bridgehead atoms. The second-order valence-corrected chi connectivity index (χ2v) is 6.71. The molecule has 0 radical (unpaired) electrons. The number of nitrogen functional groups attached to an aromatic ring is 1. The highest BCUT2D eigenvalue weighted by Crippen LogP contribution is 2.22. The van der Waals surface area contributed by atoms with Crippen LogP contribution in [0.5, 0.6) is 0 Å². The number of hydrogen-bond donors (Lipinski definition) is 2. The maximum absolute atomic E-state index is 12.5. The van der Waals surface area contributed by atoms with Crippen molar-refractivity contribution < 1.29 is 9.42 Å². The highest BCUT2D eigenvalue weighted by atomic mass is 32.2. The van der Waals surface area contributed by atoms with Crippen LogP contribution in [0.3, 0.4) is 0 Å². The smallest absolute Gasteiger partial charge is 0.293 e. The average molecular weight is 386 g/mol. The third-order valence-electron chi connectivity index (χ3n) is 3.66. The van der Waals surface area contributed by atoms with Crippen LogP contribution in [0.2, 0.25) is 0 Å². The Bertz CT molecular complexity index is 961. The van der Waals surface area contributed by atoms with Crippen molar-refractivity contribution in [3.05, 3.63) is 41.2 Å². The first kappa shape index (κ1) is 18.6. The Morgan fingerprint density at radius 1 is 1.33 bits per heavy atom. The minimum absolute atomic E-state index is 0.0560. The monoisotopic (exact) mass is 386 g/mol. The van der Waals surface area contributed by atoms with Crippen molar-refractivity contribution in [3.8, 4) is 5.82 Å². The zero-order valence-electron chi connectivity index (χ0n) is 14.9. The Balaban J connectivity index is 1.79. The summed E-state index contributed by atoms with van der Waals surface area (Å²) in [4.78, 5) is 13.6. The number of nitrogens with zero attached hydrogens (tertiary/aromatic N) is 6. The minimum atomic E-state index is -0.489. The first-order chi connectivity index (χ1) is 13.0. The largest absolute Gasteiger partial charge is 0.378 e. The van der Waals surface area contributed by atoms with E-state index in [-0.39, 0.29) is 23.2 Å². The molecule has 3 rings (SSSR count). The summed E-state index contributed by atoms with van der Waals surface area (Å²) in [5, 5.41) is 19.1. The zero-order chi connectivity index (χ0) is 19.4. The van der Waals surface area contributed by atoms with Gasteiger partial charge in [-0.15, -0.1) is 16.9 Å². The quantitative estimate of drug-likeness (QED) is 0.372. The first-order valence-corrected chi connectivity index (χ1v) is 9.25. The van der Waals surface area contributed by atoms with E-state index in [4.69, 9.17) is 5.73 Å². The van der Waals surface area contributed by atoms with Crippen molar-refractivity contribution in [1.82, 2.24) is 30.7 Å². The average Bonchev–Trinajstić information content (AvgIpc) is 3.28. The lowest BCUT2D eigenvalue weighted by Crippen LogP contribution is -2.21. The molecule has 0 saturated heterocycles. The lowest BCUT2D eigenvalue weighted by molar-refractivity contribution is 0.0948. The van der Waals surface area contributed by atoms with E-state index in [0.29, 0.717) is 5.69 Å². The predicted octanol–water partition coefficient (Wildman–Crippen LogP) is 1.84. The molecule has 1 amide bonds. The highest BCUT2D eigenvalue weighted by Gasteiger charge is 2.25. The molecule has 2 heterocycles. The van der Waals surface area contributed by atoms with Crippen LogP contribution in [0.1, 0.15) is 41.5 Å². The van der Waals surface area contributed by atoms with Gasteiger partial charge in [0.15, 0.2) is 5.69 Å². The topological polar surface area (TPSA) is 137 Å². The van der Waals surface area contributed by atoms with Crippen LogP contribution >= 0.6 is 11.8 Å². The van der Waals surface area contributed by atoms with Crippen molar-refractivity contribution >= 4 is 29.7 Å². The Hall–Kier alpha value is -3.21. The van der Waals surface area contributed by atoms with Gasteiger partial charge in [-0.3, -0.25) is 4.79 Å². The molecule has 1 aromatic carbocycles. The summed E-state index contributed by atoms with van der Waals surface area (Å²) < 4.78 is 5.94. The number of benzene rings is 1. The van der Waals surface area contributed by atoms with Gasteiger partial charge in [0.05, 0.1) is 11.9 Å². The predicted molar refractivity (Wildman–Crippen MR) is 101 cm³/mol. The third kappa shape index (κ3) is 3.97. The summed E-state index contributed by atoms with van der Waals surface area (Å²) in [6, 6.07) is 7.79. The van der Waals surface area contributed by atoms with Crippen LogP contribution in [0.25, 0.3) is 5.82 Å². The molecule has 0 fully saturated rings. The SMILES string of the molecule is CSc1ccc(C=NNC(=O)c2nnn(-c3nonc3N)c2C(C)C)cc1. The van der Waals surface area contributed by atoms with Gasteiger partial charge in [-0.2, -0.15) is 9.78 Å². The van der Waals surface area contributed by atoms with Crippen molar-refractivity contribution in [2.75, 3.05) is 12.0 Å². The van der Waals surface area contributed by atoms with Gasteiger partial charge in [0.1, 0.15) is 0 Å². The standard InChI is InChI=1S/C16H18N8O2S/c1-9(2)13-12(19-23-24(13)15-14(17)21-26-22-15)16(25)20-18-8-10-4-6-11(27-3)7-5-10/h4-9H,1-3H3,(H2,17,21)(H,20,25). The van der Waals surface area contributed by atoms with Crippen molar-refractivity contribution in [2.45, 2.75) is 24.7 Å². The van der Waals surface area contributed by atoms with E-state index >= 15 is 0 Å². The van der Waals surface area contributed by atoms with Crippen LogP contribution in [0.4, 0.5) is 5.82 Å². The van der Waals surface area contributed by atoms with E-state index in [9.17, 15) is 4.79 Å². The van der Waals surface area contributed by atoms with E-state index in [1.165, 1.54) is 4.68 Å². The summed E-state index contributed by atoms with van der Waals surface area (Å²) in [5.41, 5.74) is 9.69. The molecule has 3 aromatic rings. The van der Waals surface area contributed by atoms with E-state index in [1.807, 2.05) is 44.4 Å². The van der Waals surface area contributed by atoms with Gasteiger partial charge >= 0.3 is 0 Å². The maximum Gasteiger partial charge on any atom is 0.293 e. The van der Waals surface area contributed by atoms with Gasteiger partial charge in [0, 0.05) is 4.90 Å². The Morgan fingerprint density at radius 3 is 2.67 bits per heavy atom. The van der Waals surface area contributed by atoms with E-state index in [2.05, 4.69) is 35.8 Å². The number of hydrogen-bond acceptors (Lipinski definition) is 9. The number of carbonyl (C=O) groups excluding carboxylic acids is 1. The number of rotatable bonds is 6. The number of carbonyl (C=O) groups is 1. The molecule has 0 atom stereocenters. The lowest BCUT2D eigenvalue weighted by atomic mass is 10.1. The summed E-state index contributed by atoms with van der Waals surface area (Å²) in [7, 11) is 0. The van der Waals surface area contributed by atoms with Crippen LogP contribution in [0.15, 0.2) is 38.9 Å². The molecule has 27 heavy (non-hydrogen) atoms. The van der Waals surface area contributed by atoms with Gasteiger partial charge in [-0.05, 0) is 40.2 Å². The number of nitrogens with two attached hydrogens (primary N) is 1. The fraction of sp³-hybridized carbons (Fsp3) is 0.250. The molecule has 0 aliphatic rings. The van der Waals surface area contributed by atoms with Gasteiger partial charge in [-0.25, -0.2) is 10.1 Å². The Kier molecular flexibility index (Phi) is 5.50. The Morgan fingerprint density at radius 2 is 2.07 bits per heavy atom. The second-order valence-electron chi connectivity index (χ2n) is 5.84. The molecule has 0 saturated carbocycles. The van der Waals surface area contributed by atoms with E-state index in [1.54, 1.807) is 18.0 Å². The molecular formula is C16H18N8O2S. The number of anilines is 1. The molecule has 0 unspecified atom stereocenters. The molecule has 2 aromatic heterocycles. The number of aromatic nitrogens is 5. The van der Waals surface area contributed by atoms with Gasteiger partial charge in [0.2, 0.25) is 11.6 Å². The summed E-state index contributed by atoms with van der Waals surface area (Å²) in [6.07, 6.45) is 3.56. The number of thioether (sulfide) groups is 1. The zero-order valence-corrected chi connectivity index (χ0v) is 15.8. The number of nitrogens with one attached hydrogen (secondary N) is 1. The van der Waals surface area contributed by atoms with E-state index < -0.39 is 5.91 Å². The molecule has 3 N–H and O–H groups in total. The van der Waals surface area contributed by atoms with Crippen molar-refractivity contribution in [3.63, 3.8) is 0 Å². The second kappa shape index (κ2) is 7.99. The molecule has 0 aliphatic carbocycles. The number of amides is 1. The fourth-order valence-corrected chi connectivity index (χ4v) is 2.78. The van der Waals surface area contributed by atoms with Crippen LogP contribution in [-0.2, 0) is 0 Å². The normalized spacial score (nSPS) is 11.4. The molecular weight excluding hydrogens is 368 g/mol. The maximum atomic E-state index is 12.5. The van der Waals surface area contributed by atoms with Gasteiger partial charge in [-0.1, -0.05) is 31.2 Å². The van der Waals surface area contributed by atoms with Gasteiger partial charge < -0.3 is 5.73 Å². The summed E-state index contributed by atoms with van der Waals surface area (Å²) in [5.74, 6) is -0.333. The van der Waals surface area contributed by atoms with Crippen LogP contribution < -0.4 is 11.2 Å². The van der Waals surface area contributed by atoms with Gasteiger partial charge in [0.25, 0.3) is 5.91 Å². The van der Waals surface area contributed by atoms with E-state index in [0.717, 1.165) is 10.5 Å². The minimum Gasteiger partial charge on any atom is -0.378 e. The summed E-state index contributed by atoms with van der Waals surface area (Å²) in [6.45, 7) is 3.79. The van der Waals surface area contributed by atoms with Crippen molar-refractivity contribution in [1.29, 1.82) is 0 Å². The molecule has 0 spiro atoms. The molecule has 140 valence electrons. The van der Waals surface area contributed by atoms with Crippen molar-refractivity contribution in [2.24, 2.45) is 5.10 Å². The Labute approximate surface area is 159 Å². The summed E-state index contributed by atoms with van der Waals surface area (Å²) >= 11 is 1.65.